The second kappa shape index (κ2) is 7.13. The molecule has 0 fully saturated rings. The molecule has 1 amide bonds. The lowest BCUT2D eigenvalue weighted by Crippen LogP contribution is -2.35. The zero-order chi connectivity index (χ0) is 12.7. The fourth-order valence-electron chi connectivity index (χ4n) is 1.55. The van der Waals surface area contributed by atoms with Gasteiger partial charge < -0.3 is 5.32 Å². The van der Waals surface area contributed by atoms with E-state index in [0.717, 1.165) is 16.5 Å². The van der Waals surface area contributed by atoms with E-state index in [1.807, 2.05) is 31.2 Å². The van der Waals surface area contributed by atoms with Crippen molar-refractivity contribution in [3.8, 4) is 12.3 Å². The predicted octanol–water partition coefficient (Wildman–Crippen LogP) is 2.91. The largest absolute Gasteiger partial charge is 0.352 e. The van der Waals surface area contributed by atoms with E-state index in [9.17, 15) is 4.79 Å². The molecule has 0 saturated heterocycles. The van der Waals surface area contributed by atoms with Crippen LogP contribution in [0.1, 0.15) is 25.3 Å². The molecule has 0 spiro atoms. The topological polar surface area (TPSA) is 29.1 Å². The summed E-state index contributed by atoms with van der Waals surface area (Å²) in [6.07, 6.45) is 7.07. The van der Waals surface area contributed by atoms with E-state index < -0.39 is 0 Å². The van der Waals surface area contributed by atoms with Crippen molar-refractivity contribution in [2.24, 2.45) is 0 Å². The molecule has 90 valence electrons. The zero-order valence-electron chi connectivity index (χ0n) is 9.87. The Labute approximate surface area is 111 Å². The zero-order valence-corrected chi connectivity index (χ0v) is 11.5. The fraction of sp³-hybridized carbons (Fsp3) is 0.357. The third-order valence-corrected chi connectivity index (χ3v) is 2.97. The molecular formula is C14H16BrNO. The number of terminal acetylenes is 1. The van der Waals surface area contributed by atoms with Gasteiger partial charge in [-0.1, -0.05) is 35.0 Å². The third-order valence-electron chi connectivity index (χ3n) is 2.48. The van der Waals surface area contributed by atoms with Gasteiger partial charge in [-0.25, -0.2) is 0 Å². The van der Waals surface area contributed by atoms with Crippen molar-refractivity contribution in [1.29, 1.82) is 0 Å². The molecule has 3 heteroatoms. The first-order valence-corrected chi connectivity index (χ1v) is 6.42. The molecule has 1 atom stereocenters. The SMILES string of the molecule is C#CCC(CC)NC(=O)Cc1cccc(Br)c1. The quantitative estimate of drug-likeness (QED) is 0.831. The van der Waals surface area contributed by atoms with E-state index >= 15 is 0 Å². The highest BCUT2D eigenvalue weighted by Crippen LogP contribution is 2.12. The molecule has 1 unspecified atom stereocenters. The number of hydrogen-bond donors (Lipinski definition) is 1. The Morgan fingerprint density at radius 2 is 2.35 bits per heavy atom. The van der Waals surface area contributed by atoms with Crippen LogP contribution in [0.4, 0.5) is 0 Å². The second-order valence-electron chi connectivity index (χ2n) is 3.89. The Bertz CT molecular complexity index is 422. The predicted molar refractivity (Wildman–Crippen MR) is 73.5 cm³/mol. The number of carbonyl (C=O) groups is 1. The molecule has 1 N–H and O–H groups in total. The standard InChI is InChI=1S/C14H16BrNO/c1-3-6-13(4-2)16-14(17)10-11-7-5-8-12(15)9-11/h1,5,7-9,13H,4,6,10H2,2H3,(H,16,17). The molecule has 0 aliphatic rings. The number of carbonyl (C=O) groups excluding carboxylic acids is 1. The summed E-state index contributed by atoms with van der Waals surface area (Å²) in [7, 11) is 0. The Hall–Kier alpha value is -1.27. The van der Waals surface area contributed by atoms with Crippen molar-refractivity contribution in [2.45, 2.75) is 32.2 Å². The fourth-order valence-corrected chi connectivity index (χ4v) is 2.00. The Balaban J connectivity index is 2.52. The monoisotopic (exact) mass is 293 g/mol. The average Bonchev–Trinajstić information content (AvgIpc) is 2.28. The maximum Gasteiger partial charge on any atom is 0.224 e. The van der Waals surface area contributed by atoms with E-state index in [4.69, 9.17) is 6.42 Å². The summed E-state index contributed by atoms with van der Waals surface area (Å²) >= 11 is 3.38. The Morgan fingerprint density at radius 1 is 1.59 bits per heavy atom. The van der Waals surface area contributed by atoms with Crippen LogP contribution in [0.5, 0.6) is 0 Å². The van der Waals surface area contributed by atoms with Gasteiger partial charge >= 0.3 is 0 Å². The number of nitrogens with one attached hydrogen (secondary N) is 1. The van der Waals surface area contributed by atoms with Crippen molar-refractivity contribution in [1.82, 2.24) is 5.32 Å². The van der Waals surface area contributed by atoms with Gasteiger partial charge in [-0.2, -0.15) is 0 Å². The van der Waals surface area contributed by atoms with Crippen LogP contribution in [-0.2, 0) is 11.2 Å². The summed E-state index contributed by atoms with van der Waals surface area (Å²) in [4.78, 5) is 11.8. The Morgan fingerprint density at radius 3 is 2.94 bits per heavy atom. The summed E-state index contributed by atoms with van der Waals surface area (Å²) in [6.45, 7) is 2.02. The minimum absolute atomic E-state index is 0.0187. The first kappa shape index (κ1) is 13.8. The highest BCUT2D eigenvalue weighted by molar-refractivity contribution is 9.10. The van der Waals surface area contributed by atoms with Gasteiger partial charge in [0.2, 0.25) is 5.91 Å². The molecule has 1 aromatic rings. The molecule has 1 rings (SSSR count). The van der Waals surface area contributed by atoms with Crippen molar-refractivity contribution in [2.75, 3.05) is 0 Å². The number of hydrogen-bond acceptors (Lipinski definition) is 1. The van der Waals surface area contributed by atoms with E-state index in [-0.39, 0.29) is 11.9 Å². The lowest BCUT2D eigenvalue weighted by atomic mass is 10.1. The number of amides is 1. The highest BCUT2D eigenvalue weighted by Gasteiger charge is 2.09. The molecule has 1 aromatic carbocycles. The second-order valence-corrected chi connectivity index (χ2v) is 4.80. The van der Waals surface area contributed by atoms with Gasteiger partial charge in [0.25, 0.3) is 0 Å². The van der Waals surface area contributed by atoms with Gasteiger partial charge in [-0.05, 0) is 24.1 Å². The van der Waals surface area contributed by atoms with Gasteiger partial charge in [-0.3, -0.25) is 4.79 Å². The van der Waals surface area contributed by atoms with Crippen LogP contribution in [0.2, 0.25) is 0 Å². The third kappa shape index (κ3) is 5.06. The minimum Gasteiger partial charge on any atom is -0.352 e. The van der Waals surface area contributed by atoms with Crippen LogP contribution < -0.4 is 5.32 Å². The average molecular weight is 294 g/mol. The number of benzene rings is 1. The van der Waals surface area contributed by atoms with Crippen LogP contribution in [-0.4, -0.2) is 11.9 Å². The molecule has 0 aliphatic carbocycles. The summed E-state index contributed by atoms with van der Waals surface area (Å²) in [6, 6.07) is 7.83. The van der Waals surface area contributed by atoms with E-state index in [0.29, 0.717) is 12.8 Å². The molecule has 0 heterocycles. The van der Waals surface area contributed by atoms with E-state index in [1.165, 1.54) is 0 Å². The van der Waals surface area contributed by atoms with Gasteiger partial charge in [0, 0.05) is 16.9 Å². The molecule has 2 nitrogen and oxygen atoms in total. The van der Waals surface area contributed by atoms with Gasteiger partial charge in [-0.15, -0.1) is 12.3 Å². The van der Waals surface area contributed by atoms with Crippen LogP contribution >= 0.6 is 15.9 Å². The van der Waals surface area contributed by atoms with Crippen LogP contribution in [0.3, 0.4) is 0 Å². The molecule has 17 heavy (non-hydrogen) atoms. The number of rotatable bonds is 5. The van der Waals surface area contributed by atoms with Crippen LogP contribution in [0, 0.1) is 12.3 Å². The van der Waals surface area contributed by atoms with Crippen molar-refractivity contribution < 1.29 is 4.79 Å². The summed E-state index contributed by atoms with van der Waals surface area (Å²) < 4.78 is 0.985. The molecule has 0 bridgehead atoms. The van der Waals surface area contributed by atoms with Gasteiger partial charge in [0.05, 0.1) is 6.42 Å². The highest BCUT2D eigenvalue weighted by atomic mass is 79.9. The molecule has 0 aliphatic heterocycles. The first-order valence-electron chi connectivity index (χ1n) is 5.63. The normalized spacial score (nSPS) is 11.6. The van der Waals surface area contributed by atoms with Gasteiger partial charge in [0.15, 0.2) is 0 Å². The van der Waals surface area contributed by atoms with Crippen molar-refractivity contribution in [3.05, 3.63) is 34.3 Å². The first-order chi connectivity index (χ1) is 8.15. The summed E-state index contributed by atoms with van der Waals surface area (Å²) in [5.41, 5.74) is 0.993. The van der Waals surface area contributed by atoms with Crippen molar-refractivity contribution >= 4 is 21.8 Å². The molecular weight excluding hydrogens is 278 g/mol. The smallest absolute Gasteiger partial charge is 0.224 e. The van der Waals surface area contributed by atoms with Crippen LogP contribution in [0.15, 0.2) is 28.7 Å². The minimum atomic E-state index is 0.0187. The maximum absolute atomic E-state index is 11.8. The van der Waals surface area contributed by atoms with E-state index in [2.05, 4.69) is 27.2 Å². The van der Waals surface area contributed by atoms with E-state index in [1.54, 1.807) is 0 Å². The molecule has 0 radical (unpaired) electrons. The molecule has 0 saturated carbocycles. The van der Waals surface area contributed by atoms with Crippen molar-refractivity contribution in [3.63, 3.8) is 0 Å². The molecule has 0 aromatic heterocycles. The lowest BCUT2D eigenvalue weighted by molar-refractivity contribution is -0.121. The van der Waals surface area contributed by atoms with Gasteiger partial charge in [0.1, 0.15) is 0 Å². The lowest BCUT2D eigenvalue weighted by Gasteiger charge is -2.14. The van der Waals surface area contributed by atoms with Crippen LogP contribution in [0.25, 0.3) is 0 Å². The number of halogens is 1. The maximum atomic E-state index is 11.8. The Kier molecular flexibility index (Phi) is 5.79. The summed E-state index contributed by atoms with van der Waals surface area (Å²) in [5.74, 6) is 2.59. The summed E-state index contributed by atoms with van der Waals surface area (Å²) in [5, 5.41) is 2.94.